The first kappa shape index (κ1) is 14.8. The van der Waals surface area contributed by atoms with Crippen LogP contribution in [0.3, 0.4) is 0 Å². The quantitative estimate of drug-likeness (QED) is 0.681. The summed E-state index contributed by atoms with van der Waals surface area (Å²) in [5.74, 6) is 2.15. The predicted octanol–water partition coefficient (Wildman–Crippen LogP) is 3.49. The molecule has 0 aliphatic carbocycles. The number of rotatable bonds is 8. The van der Waals surface area contributed by atoms with E-state index in [1.807, 2.05) is 4.68 Å². The van der Waals surface area contributed by atoms with Crippen molar-refractivity contribution in [3.63, 3.8) is 0 Å². The fourth-order valence-electron chi connectivity index (χ4n) is 2.04. The summed E-state index contributed by atoms with van der Waals surface area (Å²) in [6.45, 7) is 5.20. The molecule has 0 saturated carbocycles. The summed E-state index contributed by atoms with van der Waals surface area (Å²) in [5.41, 5.74) is -0.0453. The fraction of sp³-hybridized carbons (Fsp3) is 0.833. The van der Waals surface area contributed by atoms with Crippen LogP contribution in [0.25, 0.3) is 0 Å². The van der Waals surface area contributed by atoms with Crippen LogP contribution in [0.5, 0.6) is 0 Å². The highest BCUT2D eigenvalue weighted by molar-refractivity contribution is 6.21. The van der Waals surface area contributed by atoms with E-state index in [1.165, 1.54) is 0 Å². The highest BCUT2D eigenvalue weighted by atomic mass is 35.5. The van der Waals surface area contributed by atoms with Gasteiger partial charge in [0.15, 0.2) is 0 Å². The summed E-state index contributed by atoms with van der Waals surface area (Å²) in [7, 11) is 0. The van der Waals surface area contributed by atoms with E-state index in [-0.39, 0.29) is 5.41 Å². The molecule has 0 atom stereocenters. The van der Waals surface area contributed by atoms with Crippen molar-refractivity contribution in [2.75, 3.05) is 11.8 Å². The average molecular weight is 278 g/mol. The summed E-state index contributed by atoms with van der Waals surface area (Å²) in [5, 5.41) is 4.24. The van der Waals surface area contributed by atoms with E-state index in [9.17, 15) is 0 Å². The van der Waals surface area contributed by atoms with Gasteiger partial charge in [-0.3, -0.25) is 4.68 Å². The third kappa shape index (κ3) is 3.85. The monoisotopic (exact) mass is 277 g/mol. The van der Waals surface area contributed by atoms with Crippen molar-refractivity contribution in [2.45, 2.75) is 46.1 Å². The van der Waals surface area contributed by atoms with E-state index in [2.05, 4.69) is 23.9 Å². The van der Waals surface area contributed by atoms with Crippen LogP contribution < -0.4 is 0 Å². The molecular weight excluding hydrogens is 257 g/mol. The molecule has 0 spiro atoms. The van der Waals surface area contributed by atoms with Crippen molar-refractivity contribution in [1.82, 2.24) is 14.8 Å². The van der Waals surface area contributed by atoms with Crippen molar-refractivity contribution >= 4 is 23.2 Å². The Morgan fingerprint density at radius 1 is 1.24 bits per heavy atom. The first-order chi connectivity index (χ1) is 8.21. The van der Waals surface area contributed by atoms with Gasteiger partial charge in [0.25, 0.3) is 0 Å². The molecule has 3 nitrogen and oxygen atoms in total. The Morgan fingerprint density at radius 2 is 1.94 bits per heavy atom. The summed E-state index contributed by atoms with van der Waals surface area (Å²) >= 11 is 12.2. The predicted molar refractivity (Wildman–Crippen MR) is 72.8 cm³/mol. The zero-order valence-electron chi connectivity index (χ0n) is 10.6. The molecule has 5 heteroatoms. The van der Waals surface area contributed by atoms with E-state index < -0.39 is 0 Å². The van der Waals surface area contributed by atoms with E-state index >= 15 is 0 Å². The van der Waals surface area contributed by atoms with E-state index in [1.54, 1.807) is 6.33 Å². The van der Waals surface area contributed by atoms with Gasteiger partial charge in [0, 0.05) is 30.1 Å². The molecule has 0 fully saturated rings. The number of nitrogens with zero attached hydrogens (tertiary/aromatic N) is 3. The van der Waals surface area contributed by atoms with Gasteiger partial charge in [0.1, 0.15) is 12.2 Å². The molecule has 0 aliphatic rings. The first-order valence-corrected chi connectivity index (χ1v) is 7.27. The van der Waals surface area contributed by atoms with Crippen LogP contribution in [0.2, 0.25) is 0 Å². The van der Waals surface area contributed by atoms with Crippen LogP contribution >= 0.6 is 23.2 Å². The molecule has 0 radical (unpaired) electrons. The second-order valence-corrected chi connectivity index (χ2v) is 5.13. The molecule has 17 heavy (non-hydrogen) atoms. The molecular formula is C12H21Cl2N3. The van der Waals surface area contributed by atoms with Crippen molar-refractivity contribution in [2.24, 2.45) is 5.41 Å². The minimum absolute atomic E-state index is 0.0453. The second-order valence-electron chi connectivity index (χ2n) is 4.59. The Balaban J connectivity index is 2.81. The van der Waals surface area contributed by atoms with Gasteiger partial charge in [-0.2, -0.15) is 5.10 Å². The first-order valence-electron chi connectivity index (χ1n) is 6.20. The van der Waals surface area contributed by atoms with Crippen LogP contribution in [0.4, 0.5) is 0 Å². The van der Waals surface area contributed by atoms with Crippen molar-refractivity contribution < 1.29 is 0 Å². The lowest BCUT2D eigenvalue weighted by atomic mass is 9.84. The molecule has 1 rings (SSSR count). The maximum atomic E-state index is 6.11. The molecule has 1 aromatic rings. The number of hydrogen-bond donors (Lipinski definition) is 0. The zero-order valence-corrected chi connectivity index (χ0v) is 12.1. The summed E-state index contributed by atoms with van der Waals surface area (Å²) < 4.78 is 1.96. The number of aromatic nitrogens is 3. The fourth-order valence-corrected chi connectivity index (χ4v) is 2.78. The van der Waals surface area contributed by atoms with Crippen LogP contribution in [0.15, 0.2) is 6.33 Å². The highest BCUT2D eigenvalue weighted by Crippen LogP contribution is 2.31. The van der Waals surface area contributed by atoms with Gasteiger partial charge in [-0.25, -0.2) is 4.98 Å². The Labute approximate surface area is 114 Å². The summed E-state index contributed by atoms with van der Waals surface area (Å²) in [4.78, 5) is 4.33. The van der Waals surface area contributed by atoms with Gasteiger partial charge in [0.2, 0.25) is 0 Å². The smallest absolute Gasteiger partial charge is 0.138 e. The maximum absolute atomic E-state index is 6.11. The van der Waals surface area contributed by atoms with Crippen LogP contribution in [-0.4, -0.2) is 26.5 Å². The molecule has 0 saturated heterocycles. The molecule has 0 unspecified atom stereocenters. The van der Waals surface area contributed by atoms with Crippen molar-refractivity contribution in [3.8, 4) is 0 Å². The largest absolute Gasteiger partial charge is 0.250 e. The third-order valence-electron chi connectivity index (χ3n) is 3.01. The molecule has 98 valence electrons. The van der Waals surface area contributed by atoms with Crippen LogP contribution in [0, 0.1) is 5.41 Å². The van der Waals surface area contributed by atoms with Crippen molar-refractivity contribution in [1.29, 1.82) is 0 Å². The Hall–Kier alpha value is -0.280. The Morgan fingerprint density at radius 3 is 2.47 bits per heavy atom. The van der Waals surface area contributed by atoms with E-state index in [0.29, 0.717) is 11.8 Å². The topological polar surface area (TPSA) is 30.7 Å². The Bertz CT molecular complexity index is 321. The number of halogens is 2. The van der Waals surface area contributed by atoms with Gasteiger partial charge < -0.3 is 0 Å². The van der Waals surface area contributed by atoms with Crippen LogP contribution in [0.1, 0.15) is 38.9 Å². The highest BCUT2D eigenvalue weighted by Gasteiger charge is 2.29. The lowest BCUT2D eigenvalue weighted by Gasteiger charge is -2.28. The lowest BCUT2D eigenvalue weighted by Crippen LogP contribution is -2.29. The van der Waals surface area contributed by atoms with Gasteiger partial charge in [0.05, 0.1) is 0 Å². The average Bonchev–Trinajstić information content (AvgIpc) is 2.76. The van der Waals surface area contributed by atoms with Gasteiger partial charge in [-0.1, -0.05) is 20.3 Å². The minimum atomic E-state index is -0.0453. The zero-order chi connectivity index (χ0) is 12.7. The van der Waals surface area contributed by atoms with E-state index in [0.717, 1.165) is 38.1 Å². The van der Waals surface area contributed by atoms with Gasteiger partial charge in [-0.05, 0) is 12.8 Å². The summed E-state index contributed by atoms with van der Waals surface area (Å²) in [6.07, 6.45) is 5.59. The molecule has 0 aromatic carbocycles. The summed E-state index contributed by atoms with van der Waals surface area (Å²) in [6, 6.07) is 0. The standard InChI is InChI=1S/C12H21Cl2N3/c1-3-5-12(8-13,9-14)7-11-15-10-16-17(11)6-4-2/h10H,3-9H2,1-2H3. The number of aryl methyl sites for hydroxylation is 1. The molecule has 1 aromatic heterocycles. The van der Waals surface area contributed by atoms with Crippen molar-refractivity contribution in [3.05, 3.63) is 12.2 Å². The van der Waals surface area contributed by atoms with Crippen LogP contribution in [-0.2, 0) is 13.0 Å². The normalized spacial score (nSPS) is 12.0. The SMILES string of the molecule is CCCn1ncnc1CC(CCl)(CCl)CCC. The molecule has 0 aliphatic heterocycles. The number of hydrogen-bond acceptors (Lipinski definition) is 2. The molecule has 0 amide bonds. The third-order valence-corrected chi connectivity index (χ3v) is 4.15. The molecule has 0 bridgehead atoms. The Kier molecular flexibility index (Phi) is 6.28. The second kappa shape index (κ2) is 7.22. The van der Waals surface area contributed by atoms with Gasteiger partial charge in [-0.15, -0.1) is 23.2 Å². The molecule has 0 N–H and O–H groups in total. The molecule has 1 heterocycles. The van der Waals surface area contributed by atoms with Gasteiger partial charge >= 0.3 is 0 Å². The minimum Gasteiger partial charge on any atom is -0.250 e. The van der Waals surface area contributed by atoms with E-state index in [4.69, 9.17) is 23.2 Å². The number of alkyl halides is 2. The maximum Gasteiger partial charge on any atom is 0.138 e. The lowest BCUT2D eigenvalue weighted by molar-refractivity contribution is 0.325.